The molecule has 2 aromatic heterocycles. The second kappa shape index (κ2) is 6.80. The normalized spacial score (nSPS) is 11.4. The Balaban J connectivity index is 2.07. The molecule has 0 saturated carbocycles. The number of hydrogen-bond acceptors (Lipinski definition) is 3. The van der Waals surface area contributed by atoms with E-state index >= 15 is 0 Å². The first-order valence-electron chi connectivity index (χ1n) is 7.89. The minimum absolute atomic E-state index is 0.0189. The lowest BCUT2D eigenvalue weighted by Gasteiger charge is -2.05. The number of fused-ring (bicyclic) bond motifs is 1. The number of halogens is 2. The SMILES string of the molecule is CC(C)Cc1nn(Cc2ccc(Cl)c(F)c2)c2ccc(C(=O)O)nc12. The van der Waals surface area contributed by atoms with Crippen molar-refractivity contribution in [3.05, 3.63) is 58.1 Å². The molecule has 25 heavy (non-hydrogen) atoms. The van der Waals surface area contributed by atoms with Crippen molar-refractivity contribution >= 4 is 28.6 Å². The van der Waals surface area contributed by atoms with Gasteiger partial charge in [0.25, 0.3) is 0 Å². The molecule has 0 fully saturated rings. The highest BCUT2D eigenvalue weighted by molar-refractivity contribution is 6.30. The molecular weight excluding hydrogens is 345 g/mol. The highest BCUT2D eigenvalue weighted by Crippen LogP contribution is 2.22. The number of benzene rings is 1. The lowest BCUT2D eigenvalue weighted by molar-refractivity contribution is 0.0691. The van der Waals surface area contributed by atoms with E-state index in [1.807, 2.05) is 0 Å². The van der Waals surface area contributed by atoms with E-state index in [9.17, 15) is 14.3 Å². The number of nitrogens with zero attached hydrogens (tertiary/aromatic N) is 3. The molecule has 0 bridgehead atoms. The van der Waals surface area contributed by atoms with E-state index in [0.29, 0.717) is 30.0 Å². The van der Waals surface area contributed by atoms with E-state index in [-0.39, 0.29) is 10.7 Å². The van der Waals surface area contributed by atoms with Crippen molar-refractivity contribution in [1.29, 1.82) is 0 Å². The van der Waals surface area contributed by atoms with E-state index < -0.39 is 11.8 Å². The fourth-order valence-corrected chi connectivity index (χ4v) is 2.81. The van der Waals surface area contributed by atoms with Gasteiger partial charge in [-0.05, 0) is 42.2 Å². The predicted molar refractivity (Wildman–Crippen MR) is 93.5 cm³/mol. The number of pyridine rings is 1. The fourth-order valence-electron chi connectivity index (χ4n) is 2.69. The monoisotopic (exact) mass is 361 g/mol. The Hall–Kier alpha value is -2.47. The molecule has 0 radical (unpaired) electrons. The molecule has 2 heterocycles. The number of rotatable bonds is 5. The summed E-state index contributed by atoms with van der Waals surface area (Å²) in [5, 5.41) is 13.8. The van der Waals surface area contributed by atoms with E-state index in [1.54, 1.807) is 16.8 Å². The fraction of sp³-hybridized carbons (Fsp3) is 0.278. The molecule has 5 nitrogen and oxygen atoms in total. The average Bonchev–Trinajstić information content (AvgIpc) is 2.87. The minimum Gasteiger partial charge on any atom is -0.477 e. The Kier molecular flexibility index (Phi) is 4.72. The standard InChI is InChI=1S/C18H17ClFN3O2/c1-10(2)7-15-17-16(6-5-14(21-17)18(24)25)23(22-15)9-11-3-4-12(19)13(20)8-11/h3-6,8,10H,7,9H2,1-2H3,(H,24,25). The minimum atomic E-state index is -1.08. The molecule has 3 aromatic rings. The molecule has 0 aliphatic rings. The molecule has 0 spiro atoms. The molecule has 1 aromatic carbocycles. The van der Waals surface area contributed by atoms with E-state index in [2.05, 4.69) is 23.9 Å². The predicted octanol–water partition coefficient (Wildman–Crippen LogP) is 4.17. The summed E-state index contributed by atoms with van der Waals surface area (Å²) in [7, 11) is 0. The highest BCUT2D eigenvalue weighted by Gasteiger charge is 2.16. The van der Waals surface area contributed by atoms with Gasteiger partial charge in [-0.2, -0.15) is 5.10 Å². The topological polar surface area (TPSA) is 68.0 Å². The van der Waals surface area contributed by atoms with Gasteiger partial charge < -0.3 is 5.11 Å². The number of aromatic nitrogens is 3. The quantitative estimate of drug-likeness (QED) is 0.740. The zero-order chi connectivity index (χ0) is 18.1. The second-order valence-corrected chi connectivity index (χ2v) is 6.73. The van der Waals surface area contributed by atoms with Crippen LogP contribution in [0.15, 0.2) is 30.3 Å². The molecule has 0 amide bonds. The van der Waals surface area contributed by atoms with Gasteiger partial charge in [0.2, 0.25) is 0 Å². The van der Waals surface area contributed by atoms with Crippen LogP contribution in [0.25, 0.3) is 11.0 Å². The smallest absolute Gasteiger partial charge is 0.354 e. The maximum Gasteiger partial charge on any atom is 0.354 e. The molecular formula is C18H17ClFN3O2. The molecule has 3 rings (SSSR count). The van der Waals surface area contributed by atoms with Crippen LogP contribution >= 0.6 is 11.6 Å². The van der Waals surface area contributed by atoms with Gasteiger partial charge in [0, 0.05) is 0 Å². The summed E-state index contributed by atoms with van der Waals surface area (Å²) in [6.45, 7) is 4.46. The molecule has 0 aliphatic carbocycles. The van der Waals surface area contributed by atoms with Crippen LogP contribution in [0, 0.1) is 11.7 Å². The van der Waals surface area contributed by atoms with Gasteiger partial charge in [0.05, 0.1) is 22.8 Å². The highest BCUT2D eigenvalue weighted by atomic mass is 35.5. The molecule has 0 unspecified atom stereocenters. The second-order valence-electron chi connectivity index (χ2n) is 6.32. The van der Waals surface area contributed by atoms with Crippen LogP contribution in [-0.2, 0) is 13.0 Å². The maximum atomic E-state index is 13.7. The van der Waals surface area contributed by atoms with Crippen LogP contribution in [0.1, 0.15) is 35.6 Å². The summed E-state index contributed by atoms with van der Waals surface area (Å²) in [5.74, 6) is -1.22. The Labute approximate surface area is 149 Å². The van der Waals surface area contributed by atoms with Gasteiger partial charge >= 0.3 is 5.97 Å². The summed E-state index contributed by atoms with van der Waals surface area (Å²) in [6.07, 6.45) is 0.675. The first kappa shape index (κ1) is 17.4. The van der Waals surface area contributed by atoms with Crippen molar-refractivity contribution in [2.24, 2.45) is 5.92 Å². The van der Waals surface area contributed by atoms with Crippen LogP contribution in [0.2, 0.25) is 5.02 Å². The summed E-state index contributed by atoms with van der Waals surface area (Å²) >= 11 is 5.72. The molecule has 130 valence electrons. The molecule has 0 saturated heterocycles. The van der Waals surface area contributed by atoms with Crippen LogP contribution in [0.4, 0.5) is 4.39 Å². The number of hydrogen-bond donors (Lipinski definition) is 1. The third-order valence-corrected chi connectivity index (χ3v) is 4.11. The lowest BCUT2D eigenvalue weighted by Crippen LogP contribution is -2.04. The van der Waals surface area contributed by atoms with Crippen LogP contribution in [-0.4, -0.2) is 25.8 Å². The van der Waals surface area contributed by atoms with Crippen molar-refractivity contribution in [3.63, 3.8) is 0 Å². The first-order chi connectivity index (χ1) is 11.8. The zero-order valence-electron chi connectivity index (χ0n) is 13.8. The summed E-state index contributed by atoms with van der Waals surface area (Å²) in [5.41, 5.74) is 2.72. The van der Waals surface area contributed by atoms with E-state index in [0.717, 1.165) is 11.2 Å². The Morgan fingerprint density at radius 3 is 2.72 bits per heavy atom. The Bertz CT molecular complexity index is 953. The van der Waals surface area contributed by atoms with Gasteiger partial charge in [-0.25, -0.2) is 14.2 Å². The molecule has 7 heteroatoms. The van der Waals surface area contributed by atoms with Gasteiger partial charge in [-0.1, -0.05) is 31.5 Å². The average molecular weight is 362 g/mol. The molecule has 0 atom stereocenters. The van der Waals surface area contributed by atoms with Crippen molar-refractivity contribution in [1.82, 2.24) is 14.8 Å². The number of carboxylic acid groups (broad SMARTS) is 1. The van der Waals surface area contributed by atoms with Gasteiger partial charge in [-0.3, -0.25) is 4.68 Å². The largest absolute Gasteiger partial charge is 0.477 e. The zero-order valence-corrected chi connectivity index (χ0v) is 14.6. The van der Waals surface area contributed by atoms with E-state index in [1.165, 1.54) is 18.2 Å². The Morgan fingerprint density at radius 1 is 1.32 bits per heavy atom. The summed E-state index contributed by atoms with van der Waals surface area (Å²) in [6, 6.07) is 7.75. The molecule has 0 aliphatic heterocycles. The molecule has 1 N–H and O–H groups in total. The Morgan fingerprint density at radius 2 is 2.08 bits per heavy atom. The maximum absolute atomic E-state index is 13.7. The third-order valence-electron chi connectivity index (χ3n) is 3.80. The summed E-state index contributed by atoms with van der Waals surface area (Å²) < 4.78 is 15.4. The van der Waals surface area contributed by atoms with Crippen molar-refractivity contribution in [2.75, 3.05) is 0 Å². The number of carbonyl (C=O) groups is 1. The van der Waals surface area contributed by atoms with Crippen molar-refractivity contribution in [2.45, 2.75) is 26.8 Å². The van der Waals surface area contributed by atoms with Crippen LogP contribution in [0.5, 0.6) is 0 Å². The third kappa shape index (κ3) is 3.64. The van der Waals surface area contributed by atoms with Crippen LogP contribution in [0.3, 0.4) is 0 Å². The van der Waals surface area contributed by atoms with Crippen molar-refractivity contribution < 1.29 is 14.3 Å². The van der Waals surface area contributed by atoms with Gasteiger partial charge in [0.1, 0.15) is 17.0 Å². The van der Waals surface area contributed by atoms with Gasteiger partial charge in [0.15, 0.2) is 0 Å². The van der Waals surface area contributed by atoms with E-state index in [4.69, 9.17) is 11.6 Å². The number of carboxylic acids is 1. The van der Waals surface area contributed by atoms with Crippen LogP contribution < -0.4 is 0 Å². The van der Waals surface area contributed by atoms with Crippen molar-refractivity contribution in [3.8, 4) is 0 Å². The van der Waals surface area contributed by atoms with Gasteiger partial charge in [-0.15, -0.1) is 0 Å². The first-order valence-corrected chi connectivity index (χ1v) is 8.26. The lowest BCUT2D eigenvalue weighted by atomic mass is 10.1. The number of aromatic carboxylic acids is 1. The summed E-state index contributed by atoms with van der Waals surface area (Å²) in [4.78, 5) is 15.4.